The number of rotatable bonds is 2. The van der Waals surface area contributed by atoms with Crippen LogP contribution in [0.1, 0.15) is 11.3 Å². The number of aromatic amines is 1. The summed E-state index contributed by atoms with van der Waals surface area (Å²) >= 11 is 0. The van der Waals surface area contributed by atoms with Crippen LogP contribution in [0.15, 0.2) is 83.7 Å². The van der Waals surface area contributed by atoms with Crippen LogP contribution in [0.25, 0.3) is 22.9 Å². The van der Waals surface area contributed by atoms with E-state index in [-0.39, 0.29) is 34.1 Å². The molecule has 0 spiro atoms. The minimum Gasteiger partial charge on any atom is -0.527 e. The second-order valence-corrected chi connectivity index (χ2v) is 5.13. The topological polar surface area (TPSA) is 66.0 Å². The average molecular weight is 372 g/mol. The quantitative estimate of drug-likeness (QED) is 0.316. The number of aliphatic hydroxyl groups excluding tert-OH is 1. The molecule has 0 aliphatic rings. The van der Waals surface area contributed by atoms with Gasteiger partial charge in [-0.1, -0.05) is 23.8 Å². The van der Waals surface area contributed by atoms with E-state index in [9.17, 15) is 9.90 Å². The molecule has 4 aromatic rings. The number of aliphatic hydroxyl groups is 1. The van der Waals surface area contributed by atoms with Crippen LogP contribution in [0, 0.1) is 0 Å². The van der Waals surface area contributed by atoms with E-state index < -0.39 is 0 Å². The molecular formula is C20H16FeN2O2-2. The molecule has 0 atom stereocenters. The Morgan fingerprint density at radius 1 is 1.08 bits per heavy atom. The van der Waals surface area contributed by atoms with E-state index >= 15 is 0 Å². The van der Waals surface area contributed by atoms with Crippen molar-refractivity contribution in [3.05, 3.63) is 100 Å². The largest absolute Gasteiger partial charge is 0.527 e. The second kappa shape index (κ2) is 8.83. The third-order valence-electron chi connectivity index (χ3n) is 3.41. The Kier molecular flexibility index (Phi) is 6.52. The van der Waals surface area contributed by atoms with Gasteiger partial charge in [-0.3, -0.25) is 9.78 Å². The monoisotopic (exact) mass is 372 g/mol. The van der Waals surface area contributed by atoms with Gasteiger partial charge in [0.15, 0.2) is 0 Å². The molecule has 3 aromatic carbocycles. The molecule has 1 heterocycles. The molecule has 1 aromatic heterocycles. The minimum atomic E-state index is -0.322. The Bertz CT molecular complexity index is 967. The summed E-state index contributed by atoms with van der Waals surface area (Å²) in [5.74, 6) is 0.0262. The summed E-state index contributed by atoms with van der Waals surface area (Å²) in [4.78, 5) is 18.8. The van der Waals surface area contributed by atoms with Crippen LogP contribution in [-0.2, 0) is 17.1 Å². The van der Waals surface area contributed by atoms with Crippen molar-refractivity contribution in [1.29, 1.82) is 0 Å². The average Bonchev–Trinajstić information content (AvgIpc) is 3.31. The van der Waals surface area contributed by atoms with Crippen molar-refractivity contribution in [2.75, 3.05) is 0 Å². The Balaban J connectivity index is 0.000000325. The summed E-state index contributed by atoms with van der Waals surface area (Å²) in [6.45, 7) is 0. The standard InChI is InChI=1S/C15H11N2O2.C5H5.Fe/c18-14(10-5-1-2-6-10)9-13-15(19)17-12-8-4-3-7-11(12)16-13;1-2-4-5-3-1;/h1-9,18H,(H,17,19);1-5H;/q2*-1;/b14-9-;;. The SMILES string of the molecule is O=c1[nH]c2ccccc2nc1/C=C(\O)[c-]1cccc1.[Fe].c1cc[cH-]c1. The first-order valence-electron chi connectivity index (χ1n) is 7.52. The zero-order chi connectivity index (χ0) is 16.8. The zero-order valence-corrected chi connectivity index (χ0v) is 14.3. The van der Waals surface area contributed by atoms with Crippen molar-refractivity contribution in [3.8, 4) is 0 Å². The Morgan fingerprint density at radius 3 is 2.40 bits per heavy atom. The molecule has 5 heteroatoms. The van der Waals surface area contributed by atoms with Crippen LogP contribution < -0.4 is 5.56 Å². The normalized spacial score (nSPS) is 10.6. The number of nitrogens with zero attached hydrogens (tertiary/aromatic N) is 1. The van der Waals surface area contributed by atoms with Gasteiger partial charge in [-0.05, 0) is 12.1 Å². The second-order valence-electron chi connectivity index (χ2n) is 5.13. The number of H-pyrrole nitrogens is 1. The van der Waals surface area contributed by atoms with Crippen molar-refractivity contribution >= 4 is 22.9 Å². The molecule has 0 radical (unpaired) electrons. The minimum absolute atomic E-state index is 0. The third kappa shape index (κ3) is 4.80. The molecule has 0 saturated carbocycles. The smallest absolute Gasteiger partial charge is 0.264 e. The van der Waals surface area contributed by atoms with Crippen molar-refractivity contribution < 1.29 is 22.2 Å². The summed E-state index contributed by atoms with van der Waals surface area (Å²) < 4.78 is 0. The van der Waals surface area contributed by atoms with E-state index in [4.69, 9.17) is 0 Å². The molecule has 0 bridgehead atoms. The summed E-state index contributed by atoms with van der Waals surface area (Å²) in [6, 6.07) is 24.4. The number of fused-ring (bicyclic) bond motifs is 1. The molecule has 0 saturated heterocycles. The maximum absolute atomic E-state index is 11.9. The number of hydrogen-bond donors (Lipinski definition) is 2. The van der Waals surface area contributed by atoms with Crippen LogP contribution in [0.2, 0.25) is 0 Å². The van der Waals surface area contributed by atoms with Gasteiger partial charge in [0.05, 0.1) is 16.7 Å². The fourth-order valence-electron chi connectivity index (χ4n) is 2.22. The molecule has 25 heavy (non-hydrogen) atoms. The Morgan fingerprint density at radius 2 is 1.76 bits per heavy atom. The van der Waals surface area contributed by atoms with Crippen molar-refractivity contribution in [2.45, 2.75) is 0 Å². The molecule has 128 valence electrons. The molecule has 0 unspecified atom stereocenters. The van der Waals surface area contributed by atoms with Gasteiger partial charge in [0, 0.05) is 22.8 Å². The van der Waals surface area contributed by atoms with Crippen LogP contribution >= 0.6 is 0 Å². The van der Waals surface area contributed by atoms with Gasteiger partial charge in [0.25, 0.3) is 5.56 Å². The zero-order valence-electron chi connectivity index (χ0n) is 13.2. The number of hydrogen-bond acceptors (Lipinski definition) is 3. The summed E-state index contributed by atoms with van der Waals surface area (Å²) in [5.41, 5.74) is 1.89. The summed E-state index contributed by atoms with van der Waals surface area (Å²) in [6.07, 6.45) is 1.38. The summed E-state index contributed by atoms with van der Waals surface area (Å²) in [5, 5.41) is 9.93. The van der Waals surface area contributed by atoms with Crippen LogP contribution in [0.3, 0.4) is 0 Å². The van der Waals surface area contributed by atoms with Gasteiger partial charge in [0.1, 0.15) is 0 Å². The predicted octanol–water partition coefficient (Wildman–Crippen LogP) is 4.10. The fraction of sp³-hybridized carbons (Fsp3) is 0. The number of aromatic nitrogens is 2. The summed E-state index contributed by atoms with van der Waals surface area (Å²) in [7, 11) is 0. The Labute approximate surface area is 155 Å². The fourth-order valence-corrected chi connectivity index (χ4v) is 2.22. The predicted molar refractivity (Wildman–Crippen MR) is 96.9 cm³/mol. The maximum Gasteiger partial charge on any atom is 0.264 e. The van der Waals surface area contributed by atoms with Crippen LogP contribution in [0.5, 0.6) is 0 Å². The van der Waals surface area contributed by atoms with Gasteiger partial charge in [-0.25, -0.2) is 12.1 Å². The van der Waals surface area contributed by atoms with Crippen LogP contribution in [-0.4, -0.2) is 15.1 Å². The molecule has 2 N–H and O–H groups in total. The van der Waals surface area contributed by atoms with Gasteiger partial charge >= 0.3 is 0 Å². The molecule has 0 aliphatic carbocycles. The van der Waals surface area contributed by atoms with Crippen LogP contribution in [0.4, 0.5) is 0 Å². The molecular weight excluding hydrogens is 356 g/mol. The molecule has 4 rings (SSSR count). The molecule has 4 nitrogen and oxygen atoms in total. The number of nitrogens with one attached hydrogen (secondary N) is 1. The third-order valence-corrected chi connectivity index (χ3v) is 3.41. The number of para-hydroxylation sites is 2. The van der Waals surface area contributed by atoms with E-state index in [1.165, 1.54) is 6.08 Å². The first kappa shape index (κ1) is 18.5. The first-order valence-corrected chi connectivity index (χ1v) is 7.52. The van der Waals surface area contributed by atoms with Gasteiger partial charge in [-0.15, -0.1) is 12.1 Å². The number of benzene rings is 1. The van der Waals surface area contributed by atoms with Gasteiger partial charge < -0.3 is 10.1 Å². The van der Waals surface area contributed by atoms with E-state index in [2.05, 4.69) is 9.97 Å². The molecule has 0 fully saturated rings. The van der Waals surface area contributed by atoms with E-state index in [0.29, 0.717) is 16.6 Å². The van der Waals surface area contributed by atoms with Gasteiger partial charge in [-0.2, -0.15) is 30.3 Å². The van der Waals surface area contributed by atoms with Crippen molar-refractivity contribution in [2.24, 2.45) is 0 Å². The van der Waals surface area contributed by atoms with E-state index in [1.807, 2.05) is 60.7 Å². The molecule has 0 amide bonds. The van der Waals surface area contributed by atoms with Crippen molar-refractivity contribution in [1.82, 2.24) is 9.97 Å². The van der Waals surface area contributed by atoms with Crippen molar-refractivity contribution in [3.63, 3.8) is 0 Å². The molecule has 0 aliphatic heterocycles. The van der Waals surface area contributed by atoms with Gasteiger partial charge in [0.2, 0.25) is 0 Å². The van der Waals surface area contributed by atoms with E-state index in [0.717, 1.165) is 0 Å². The Hall–Kier alpha value is -2.88. The first-order chi connectivity index (χ1) is 11.7. The van der Waals surface area contributed by atoms with E-state index in [1.54, 1.807) is 18.2 Å². The maximum atomic E-state index is 11.9.